The molecule has 2 rings (SSSR count). The lowest BCUT2D eigenvalue weighted by molar-refractivity contribution is 0.208. The van der Waals surface area contributed by atoms with Crippen LogP contribution in [0.2, 0.25) is 0 Å². The molecule has 5 heteroatoms. The zero-order valence-electron chi connectivity index (χ0n) is 9.76. The Hall–Kier alpha value is -1.20. The molecule has 0 fully saturated rings. The second-order valence-electron chi connectivity index (χ2n) is 3.94. The summed E-state index contributed by atoms with van der Waals surface area (Å²) in [6, 6.07) is 5.87. The summed E-state index contributed by atoms with van der Waals surface area (Å²) in [6.45, 7) is 4.66. The van der Waals surface area contributed by atoms with Crippen LogP contribution in [0, 0.1) is 6.92 Å². The third kappa shape index (κ3) is 2.56. The first-order valence-corrected chi connectivity index (χ1v) is 6.24. The van der Waals surface area contributed by atoms with Crippen molar-refractivity contribution >= 4 is 15.9 Å². The van der Waals surface area contributed by atoms with Gasteiger partial charge in [-0.15, -0.1) is 5.10 Å². The highest BCUT2D eigenvalue weighted by Gasteiger charge is 2.16. The fourth-order valence-corrected chi connectivity index (χ4v) is 2.44. The fourth-order valence-electron chi connectivity index (χ4n) is 1.82. The van der Waals surface area contributed by atoms with Gasteiger partial charge in [-0.25, -0.2) is 4.68 Å². The summed E-state index contributed by atoms with van der Waals surface area (Å²) in [4.78, 5) is 0. The molecule has 0 saturated heterocycles. The normalized spacial score (nSPS) is 12.7. The molecule has 0 aliphatic carbocycles. The Morgan fingerprint density at radius 1 is 1.41 bits per heavy atom. The van der Waals surface area contributed by atoms with Crippen LogP contribution in [0.5, 0.6) is 0 Å². The van der Waals surface area contributed by atoms with Gasteiger partial charge in [0.1, 0.15) is 6.10 Å². The SMILES string of the molecule is CCn1nncc1C(O)c1cc(C)cc(Br)c1. The number of aryl methyl sites for hydroxylation is 2. The van der Waals surface area contributed by atoms with E-state index in [1.807, 2.05) is 32.0 Å². The predicted molar refractivity (Wildman–Crippen MR) is 68.6 cm³/mol. The van der Waals surface area contributed by atoms with Crippen molar-refractivity contribution in [2.75, 3.05) is 0 Å². The van der Waals surface area contributed by atoms with Crippen molar-refractivity contribution in [1.29, 1.82) is 0 Å². The van der Waals surface area contributed by atoms with Crippen LogP contribution in [0.4, 0.5) is 0 Å². The summed E-state index contributed by atoms with van der Waals surface area (Å²) >= 11 is 3.43. The monoisotopic (exact) mass is 295 g/mol. The van der Waals surface area contributed by atoms with E-state index in [1.165, 1.54) is 0 Å². The third-order valence-corrected chi connectivity index (χ3v) is 3.07. The molecule has 1 unspecified atom stereocenters. The van der Waals surface area contributed by atoms with Gasteiger partial charge in [0.05, 0.1) is 11.9 Å². The molecule has 0 aliphatic heterocycles. The highest BCUT2D eigenvalue weighted by molar-refractivity contribution is 9.10. The van der Waals surface area contributed by atoms with E-state index in [2.05, 4.69) is 26.2 Å². The Morgan fingerprint density at radius 2 is 2.18 bits per heavy atom. The van der Waals surface area contributed by atoms with E-state index in [-0.39, 0.29) is 0 Å². The Kier molecular flexibility index (Phi) is 3.59. The molecule has 0 aliphatic rings. The Labute approximate surface area is 108 Å². The fraction of sp³-hybridized carbons (Fsp3) is 0.333. The molecule has 1 aromatic heterocycles. The summed E-state index contributed by atoms with van der Waals surface area (Å²) in [5, 5.41) is 18.1. The standard InChI is InChI=1S/C12H14BrN3O/c1-3-16-11(7-14-15-16)12(17)9-4-8(2)5-10(13)6-9/h4-7,12,17H,3H2,1-2H3. The minimum Gasteiger partial charge on any atom is -0.382 e. The molecule has 1 heterocycles. The highest BCUT2D eigenvalue weighted by atomic mass is 79.9. The lowest BCUT2D eigenvalue weighted by Crippen LogP contribution is -2.09. The van der Waals surface area contributed by atoms with Crippen LogP contribution in [0.1, 0.15) is 29.8 Å². The lowest BCUT2D eigenvalue weighted by atomic mass is 10.0. The molecule has 0 saturated carbocycles. The predicted octanol–water partition coefficient (Wildman–Crippen LogP) is 2.45. The molecule has 1 atom stereocenters. The first-order chi connectivity index (χ1) is 8.11. The number of aliphatic hydroxyl groups is 1. The molecule has 1 N–H and O–H groups in total. The van der Waals surface area contributed by atoms with E-state index >= 15 is 0 Å². The number of benzene rings is 1. The first kappa shape index (κ1) is 12.3. The summed E-state index contributed by atoms with van der Waals surface area (Å²) < 4.78 is 2.66. The second kappa shape index (κ2) is 4.98. The molecule has 4 nitrogen and oxygen atoms in total. The quantitative estimate of drug-likeness (QED) is 0.946. The maximum absolute atomic E-state index is 10.3. The molecule has 17 heavy (non-hydrogen) atoms. The average molecular weight is 296 g/mol. The molecule has 1 aromatic carbocycles. The van der Waals surface area contributed by atoms with Crippen LogP contribution < -0.4 is 0 Å². The Morgan fingerprint density at radius 3 is 2.82 bits per heavy atom. The zero-order valence-corrected chi connectivity index (χ0v) is 11.3. The number of rotatable bonds is 3. The van der Waals surface area contributed by atoms with Crippen LogP contribution >= 0.6 is 15.9 Å². The molecule has 0 amide bonds. The number of aromatic nitrogens is 3. The van der Waals surface area contributed by atoms with Gasteiger partial charge >= 0.3 is 0 Å². The molecule has 2 aromatic rings. The molecule has 0 bridgehead atoms. The molecule has 90 valence electrons. The first-order valence-electron chi connectivity index (χ1n) is 5.45. The van der Waals surface area contributed by atoms with E-state index in [1.54, 1.807) is 10.9 Å². The summed E-state index contributed by atoms with van der Waals surface area (Å²) in [6.07, 6.45) is 0.908. The van der Waals surface area contributed by atoms with Gasteiger partial charge in [0.15, 0.2) is 0 Å². The van der Waals surface area contributed by atoms with Gasteiger partial charge < -0.3 is 5.11 Å². The van der Waals surface area contributed by atoms with Crippen LogP contribution in [0.15, 0.2) is 28.9 Å². The van der Waals surface area contributed by atoms with Gasteiger partial charge in [-0.05, 0) is 37.1 Å². The molecule has 0 radical (unpaired) electrons. The zero-order chi connectivity index (χ0) is 12.4. The number of halogens is 1. The van der Waals surface area contributed by atoms with Crippen molar-refractivity contribution in [3.8, 4) is 0 Å². The van der Waals surface area contributed by atoms with E-state index in [9.17, 15) is 5.11 Å². The van der Waals surface area contributed by atoms with Crippen molar-refractivity contribution in [2.24, 2.45) is 0 Å². The van der Waals surface area contributed by atoms with E-state index in [4.69, 9.17) is 0 Å². The van der Waals surface area contributed by atoms with Gasteiger partial charge in [0.2, 0.25) is 0 Å². The summed E-state index contributed by atoms with van der Waals surface area (Å²) in [5.74, 6) is 0. The second-order valence-corrected chi connectivity index (χ2v) is 4.85. The van der Waals surface area contributed by atoms with Crippen LogP contribution in [0.3, 0.4) is 0 Å². The number of hydrogen-bond acceptors (Lipinski definition) is 3. The van der Waals surface area contributed by atoms with Crippen LogP contribution in [0.25, 0.3) is 0 Å². The molecular weight excluding hydrogens is 282 g/mol. The number of nitrogens with zero attached hydrogens (tertiary/aromatic N) is 3. The average Bonchev–Trinajstić information content (AvgIpc) is 2.74. The summed E-state index contributed by atoms with van der Waals surface area (Å²) in [7, 11) is 0. The van der Waals surface area contributed by atoms with Crippen LogP contribution in [-0.4, -0.2) is 20.1 Å². The van der Waals surface area contributed by atoms with E-state index in [0.717, 1.165) is 15.6 Å². The van der Waals surface area contributed by atoms with E-state index < -0.39 is 6.10 Å². The van der Waals surface area contributed by atoms with Crippen molar-refractivity contribution < 1.29 is 5.11 Å². The topological polar surface area (TPSA) is 50.9 Å². The van der Waals surface area contributed by atoms with Gasteiger partial charge in [0, 0.05) is 11.0 Å². The Bertz CT molecular complexity index is 504. The molecular formula is C12H14BrN3O. The van der Waals surface area contributed by atoms with Gasteiger partial charge in [-0.3, -0.25) is 0 Å². The largest absolute Gasteiger partial charge is 0.382 e. The minimum absolute atomic E-state index is 0.693. The molecule has 0 spiro atoms. The minimum atomic E-state index is -0.693. The van der Waals surface area contributed by atoms with Gasteiger partial charge in [-0.1, -0.05) is 27.2 Å². The van der Waals surface area contributed by atoms with E-state index in [0.29, 0.717) is 12.2 Å². The summed E-state index contributed by atoms with van der Waals surface area (Å²) in [5.41, 5.74) is 2.66. The van der Waals surface area contributed by atoms with Crippen molar-refractivity contribution in [2.45, 2.75) is 26.5 Å². The highest BCUT2D eigenvalue weighted by Crippen LogP contribution is 2.25. The van der Waals surface area contributed by atoms with Crippen molar-refractivity contribution in [3.05, 3.63) is 45.7 Å². The number of aliphatic hydroxyl groups excluding tert-OH is 1. The van der Waals surface area contributed by atoms with Crippen molar-refractivity contribution in [1.82, 2.24) is 15.0 Å². The number of hydrogen-bond donors (Lipinski definition) is 1. The van der Waals surface area contributed by atoms with Crippen molar-refractivity contribution in [3.63, 3.8) is 0 Å². The maximum atomic E-state index is 10.3. The van der Waals surface area contributed by atoms with Crippen LogP contribution in [-0.2, 0) is 6.54 Å². The smallest absolute Gasteiger partial charge is 0.122 e. The Balaban J connectivity index is 2.39. The maximum Gasteiger partial charge on any atom is 0.122 e. The van der Waals surface area contributed by atoms with Gasteiger partial charge in [0.25, 0.3) is 0 Å². The van der Waals surface area contributed by atoms with Gasteiger partial charge in [-0.2, -0.15) is 0 Å². The third-order valence-electron chi connectivity index (χ3n) is 2.61. The lowest BCUT2D eigenvalue weighted by Gasteiger charge is -2.13.